The van der Waals surface area contributed by atoms with E-state index in [1.807, 2.05) is 0 Å². The number of urea groups is 1. The van der Waals surface area contributed by atoms with Gasteiger partial charge in [0, 0.05) is 18.7 Å². The fourth-order valence-electron chi connectivity index (χ4n) is 2.47. The maximum Gasteiger partial charge on any atom is 0.338 e. The Morgan fingerprint density at radius 2 is 1.73 bits per heavy atom. The summed E-state index contributed by atoms with van der Waals surface area (Å²) in [4.78, 5) is 23.8. The highest BCUT2D eigenvalue weighted by Gasteiger charge is 2.34. The molecule has 2 rings (SSSR count). The molecule has 8 heteroatoms. The number of carbonyl (C=O) groups is 2. The van der Waals surface area contributed by atoms with Gasteiger partial charge in [0.1, 0.15) is 0 Å². The zero-order chi connectivity index (χ0) is 16.3. The molecule has 0 heterocycles. The van der Waals surface area contributed by atoms with Gasteiger partial charge in [0.25, 0.3) is 10.0 Å². The molecule has 3 amide bonds. The molecule has 3 N–H and O–H groups in total. The molecule has 22 heavy (non-hydrogen) atoms. The molecule has 0 radical (unpaired) electrons. The molecule has 1 saturated carbocycles. The lowest BCUT2D eigenvalue weighted by atomic mass is 10.2. The van der Waals surface area contributed by atoms with Gasteiger partial charge in [-0.3, -0.25) is 4.79 Å². The third-order valence-corrected chi connectivity index (χ3v) is 5.34. The second-order valence-corrected chi connectivity index (χ2v) is 7.08. The molecule has 1 aromatic carbocycles. The molecule has 1 aromatic rings. The second-order valence-electron chi connectivity index (χ2n) is 5.29. The molecule has 7 nitrogen and oxygen atoms in total. The minimum Gasteiger partial charge on any atom is -0.399 e. The average molecular weight is 325 g/mol. The highest BCUT2D eigenvalue weighted by Crippen LogP contribution is 2.21. The van der Waals surface area contributed by atoms with Gasteiger partial charge in [-0.2, -0.15) is 4.31 Å². The Bertz CT molecular complexity index is 664. The van der Waals surface area contributed by atoms with E-state index in [0.29, 0.717) is 5.69 Å². The monoisotopic (exact) mass is 325 g/mol. The van der Waals surface area contributed by atoms with Gasteiger partial charge in [-0.25, -0.2) is 13.2 Å². The molecule has 120 valence electrons. The van der Waals surface area contributed by atoms with Crippen molar-refractivity contribution in [3.63, 3.8) is 0 Å². The normalized spacial score (nSPS) is 15.5. The number of carbonyl (C=O) groups excluding carboxylic acids is 2. The molecule has 0 bridgehead atoms. The lowest BCUT2D eigenvalue weighted by Crippen LogP contribution is -2.48. The van der Waals surface area contributed by atoms with Crippen molar-refractivity contribution in [2.45, 2.75) is 43.5 Å². The van der Waals surface area contributed by atoms with Gasteiger partial charge >= 0.3 is 6.03 Å². The fourth-order valence-corrected chi connectivity index (χ4v) is 3.77. The van der Waals surface area contributed by atoms with Crippen LogP contribution in [0.5, 0.6) is 0 Å². The van der Waals surface area contributed by atoms with E-state index in [-0.39, 0.29) is 15.2 Å². The molecule has 1 aliphatic carbocycles. The van der Waals surface area contributed by atoms with Crippen LogP contribution in [-0.2, 0) is 14.8 Å². The summed E-state index contributed by atoms with van der Waals surface area (Å²) in [7, 11) is -4.24. The van der Waals surface area contributed by atoms with Gasteiger partial charge < -0.3 is 11.1 Å². The predicted molar refractivity (Wildman–Crippen MR) is 81.3 cm³/mol. The molecule has 0 aromatic heterocycles. The molecular weight excluding hydrogens is 306 g/mol. The zero-order valence-corrected chi connectivity index (χ0v) is 13.1. The van der Waals surface area contributed by atoms with Gasteiger partial charge in [0.15, 0.2) is 0 Å². The fraction of sp³-hybridized carbons (Fsp3) is 0.429. The van der Waals surface area contributed by atoms with E-state index in [4.69, 9.17) is 5.73 Å². The lowest BCUT2D eigenvalue weighted by molar-refractivity contribution is -0.122. The third-order valence-electron chi connectivity index (χ3n) is 3.57. The number of nitrogens with one attached hydrogen (secondary N) is 1. The number of benzene rings is 1. The molecule has 1 aliphatic rings. The summed E-state index contributed by atoms with van der Waals surface area (Å²) in [6, 6.07) is 4.35. The van der Waals surface area contributed by atoms with E-state index >= 15 is 0 Å². The van der Waals surface area contributed by atoms with E-state index < -0.39 is 22.0 Å². The van der Waals surface area contributed by atoms with Crippen LogP contribution in [0, 0.1) is 0 Å². The Morgan fingerprint density at radius 1 is 1.18 bits per heavy atom. The first-order valence-electron chi connectivity index (χ1n) is 7.04. The zero-order valence-electron chi connectivity index (χ0n) is 12.3. The van der Waals surface area contributed by atoms with Crippen molar-refractivity contribution in [1.82, 2.24) is 9.62 Å². The van der Waals surface area contributed by atoms with Crippen molar-refractivity contribution < 1.29 is 18.0 Å². The number of imide groups is 1. The number of rotatable bonds is 3. The first kappa shape index (κ1) is 16.3. The van der Waals surface area contributed by atoms with Gasteiger partial charge in [-0.05, 0) is 37.1 Å². The quantitative estimate of drug-likeness (QED) is 0.818. The second kappa shape index (κ2) is 6.35. The number of nitrogens with zero attached hydrogens (tertiary/aromatic N) is 1. The van der Waals surface area contributed by atoms with Gasteiger partial charge in [0.05, 0.1) is 4.90 Å². The summed E-state index contributed by atoms with van der Waals surface area (Å²) in [5, 5.41) is 2.61. The van der Waals surface area contributed by atoms with Crippen molar-refractivity contribution in [3.05, 3.63) is 24.3 Å². The van der Waals surface area contributed by atoms with Crippen LogP contribution in [0.25, 0.3) is 0 Å². The predicted octanol–water partition coefficient (Wildman–Crippen LogP) is 1.46. The summed E-state index contributed by atoms with van der Waals surface area (Å²) in [5.74, 6) is -0.854. The smallest absolute Gasteiger partial charge is 0.338 e. The van der Waals surface area contributed by atoms with Crippen LogP contribution < -0.4 is 11.1 Å². The number of sulfonamides is 1. The molecule has 0 aliphatic heterocycles. The number of hydrogen-bond donors (Lipinski definition) is 2. The largest absolute Gasteiger partial charge is 0.399 e. The Morgan fingerprint density at radius 3 is 2.23 bits per heavy atom. The Labute approximate surface area is 129 Å². The number of nitrogen functional groups attached to an aromatic ring is 1. The van der Waals surface area contributed by atoms with Crippen LogP contribution in [0.3, 0.4) is 0 Å². The summed E-state index contributed by atoms with van der Waals surface area (Å²) in [6.45, 7) is 1.04. The minimum atomic E-state index is -4.24. The van der Waals surface area contributed by atoms with Crippen molar-refractivity contribution in [2.24, 2.45) is 0 Å². The third kappa shape index (κ3) is 3.38. The number of amides is 3. The Balaban J connectivity index is 2.27. The first-order chi connectivity index (χ1) is 10.3. The lowest BCUT2D eigenvalue weighted by Gasteiger charge is -2.22. The molecule has 0 atom stereocenters. The van der Waals surface area contributed by atoms with Gasteiger partial charge in [-0.15, -0.1) is 0 Å². The van der Waals surface area contributed by atoms with E-state index in [1.54, 1.807) is 0 Å². The number of anilines is 1. The molecule has 0 unspecified atom stereocenters. The topological polar surface area (TPSA) is 110 Å². The van der Waals surface area contributed by atoms with E-state index in [2.05, 4.69) is 5.32 Å². The number of nitrogens with two attached hydrogens (primary N) is 1. The maximum atomic E-state index is 12.5. The van der Waals surface area contributed by atoms with Crippen LogP contribution >= 0.6 is 0 Å². The SMILES string of the molecule is CC(=O)N(C(=O)NC1CCCC1)S(=O)(=O)c1ccc(N)cc1. The van der Waals surface area contributed by atoms with Crippen LogP contribution in [0.15, 0.2) is 29.2 Å². The summed E-state index contributed by atoms with van der Waals surface area (Å²) in [6.07, 6.45) is 3.55. The van der Waals surface area contributed by atoms with Crippen LogP contribution in [0.2, 0.25) is 0 Å². The number of hydrogen-bond acceptors (Lipinski definition) is 5. The Hall–Kier alpha value is -2.09. The summed E-state index contributed by atoms with van der Waals surface area (Å²) in [5.41, 5.74) is 5.91. The van der Waals surface area contributed by atoms with E-state index in [1.165, 1.54) is 24.3 Å². The van der Waals surface area contributed by atoms with Crippen LogP contribution in [0.4, 0.5) is 10.5 Å². The first-order valence-corrected chi connectivity index (χ1v) is 8.48. The highest BCUT2D eigenvalue weighted by atomic mass is 32.2. The maximum absolute atomic E-state index is 12.5. The Kier molecular flexibility index (Phi) is 4.70. The van der Waals surface area contributed by atoms with Crippen molar-refractivity contribution in [3.8, 4) is 0 Å². The van der Waals surface area contributed by atoms with Crippen molar-refractivity contribution in [2.75, 3.05) is 5.73 Å². The molecule has 1 fully saturated rings. The molecular formula is C14H19N3O4S. The van der Waals surface area contributed by atoms with Gasteiger partial charge in [0.2, 0.25) is 5.91 Å². The average Bonchev–Trinajstić information content (AvgIpc) is 2.91. The van der Waals surface area contributed by atoms with Crippen LogP contribution in [0.1, 0.15) is 32.6 Å². The molecule has 0 saturated heterocycles. The van der Waals surface area contributed by atoms with Crippen molar-refractivity contribution >= 4 is 27.6 Å². The standard InChI is InChI=1S/C14H19N3O4S/c1-10(18)17(14(19)16-12-4-2-3-5-12)22(20,21)13-8-6-11(15)7-9-13/h6-9,12H,2-5,15H2,1H3,(H,16,19). The van der Waals surface area contributed by atoms with E-state index in [9.17, 15) is 18.0 Å². The summed E-state index contributed by atoms with van der Waals surface area (Å²) < 4.78 is 25.3. The van der Waals surface area contributed by atoms with Gasteiger partial charge in [-0.1, -0.05) is 12.8 Å². The highest BCUT2D eigenvalue weighted by molar-refractivity contribution is 7.90. The summed E-state index contributed by atoms with van der Waals surface area (Å²) >= 11 is 0. The van der Waals surface area contributed by atoms with Crippen molar-refractivity contribution in [1.29, 1.82) is 0 Å². The molecule has 0 spiro atoms. The van der Waals surface area contributed by atoms with Crippen LogP contribution in [-0.4, -0.2) is 30.7 Å². The van der Waals surface area contributed by atoms with E-state index in [0.717, 1.165) is 32.6 Å². The minimum absolute atomic E-state index is 0.0871.